The third-order valence-corrected chi connectivity index (χ3v) is 4.16. The van der Waals surface area contributed by atoms with E-state index in [9.17, 15) is 0 Å². The highest BCUT2D eigenvalue weighted by Gasteiger charge is 2.31. The Kier molecular flexibility index (Phi) is 5.94. The number of rotatable bonds is 5. The van der Waals surface area contributed by atoms with Crippen LogP contribution < -0.4 is 5.32 Å². The summed E-state index contributed by atoms with van der Waals surface area (Å²) < 4.78 is 0. The van der Waals surface area contributed by atoms with E-state index in [2.05, 4.69) is 52.0 Å². The van der Waals surface area contributed by atoms with Gasteiger partial charge >= 0.3 is 0 Å². The monoisotopic (exact) mass is 240 g/mol. The Labute approximate surface area is 108 Å². The van der Waals surface area contributed by atoms with Gasteiger partial charge < -0.3 is 10.2 Å². The van der Waals surface area contributed by atoms with Crippen molar-refractivity contribution in [1.82, 2.24) is 10.2 Å². The summed E-state index contributed by atoms with van der Waals surface area (Å²) in [7, 11) is 4.31. The second-order valence-electron chi connectivity index (χ2n) is 6.76. The van der Waals surface area contributed by atoms with Gasteiger partial charge in [0.1, 0.15) is 0 Å². The summed E-state index contributed by atoms with van der Waals surface area (Å²) >= 11 is 0. The van der Waals surface area contributed by atoms with Crippen LogP contribution in [0.2, 0.25) is 0 Å². The Hall–Kier alpha value is -0.0800. The van der Waals surface area contributed by atoms with Crippen LogP contribution in [0.5, 0.6) is 0 Å². The van der Waals surface area contributed by atoms with Crippen molar-refractivity contribution in [3.8, 4) is 0 Å². The van der Waals surface area contributed by atoms with E-state index >= 15 is 0 Å². The van der Waals surface area contributed by atoms with Gasteiger partial charge in [0.25, 0.3) is 0 Å². The molecule has 4 unspecified atom stereocenters. The van der Waals surface area contributed by atoms with E-state index in [0.717, 1.165) is 30.3 Å². The summed E-state index contributed by atoms with van der Waals surface area (Å²) in [6.45, 7) is 10.6. The van der Waals surface area contributed by atoms with Gasteiger partial charge in [-0.05, 0) is 51.6 Å². The molecular weight excluding hydrogens is 208 g/mol. The molecule has 1 aliphatic rings. The van der Waals surface area contributed by atoms with E-state index < -0.39 is 0 Å². The Morgan fingerprint density at radius 2 is 1.82 bits per heavy atom. The zero-order chi connectivity index (χ0) is 13.0. The topological polar surface area (TPSA) is 15.3 Å². The Balaban J connectivity index is 2.51. The summed E-state index contributed by atoms with van der Waals surface area (Å²) in [6, 6.07) is 1.33. The standard InChI is InChI=1S/C15H32N2/c1-11(2)14-8-7-12(3)9-15(14)16-13(4)10-17(5)6/h11-16H,7-10H2,1-6H3. The van der Waals surface area contributed by atoms with Crippen LogP contribution in [0.15, 0.2) is 0 Å². The summed E-state index contributed by atoms with van der Waals surface area (Å²) in [5.74, 6) is 2.58. The fourth-order valence-corrected chi connectivity index (χ4v) is 3.36. The fraction of sp³-hybridized carbons (Fsp3) is 1.00. The maximum absolute atomic E-state index is 3.87. The highest BCUT2D eigenvalue weighted by atomic mass is 15.1. The van der Waals surface area contributed by atoms with Gasteiger partial charge in [0.05, 0.1) is 0 Å². The molecule has 0 aromatic heterocycles. The summed E-state index contributed by atoms with van der Waals surface area (Å²) in [4.78, 5) is 2.27. The second kappa shape index (κ2) is 6.75. The van der Waals surface area contributed by atoms with Crippen molar-refractivity contribution in [1.29, 1.82) is 0 Å². The minimum atomic E-state index is 0.599. The van der Waals surface area contributed by atoms with Crippen LogP contribution >= 0.6 is 0 Å². The molecule has 0 amide bonds. The average molecular weight is 240 g/mol. The van der Waals surface area contributed by atoms with Crippen LogP contribution in [-0.2, 0) is 0 Å². The van der Waals surface area contributed by atoms with Crippen molar-refractivity contribution in [2.45, 2.75) is 59.0 Å². The molecule has 0 heterocycles. The van der Waals surface area contributed by atoms with Crippen molar-refractivity contribution >= 4 is 0 Å². The molecule has 17 heavy (non-hydrogen) atoms. The molecule has 0 spiro atoms. The number of likely N-dealkylation sites (N-methyl/N-ethyl adjacent to an activating group) is 1. The van der Waals surface area contributed by atoms with Crippen molar-refractivity contribution in [2.75, 3.05) is 20.6 Å². The van der Waals surface area contributed by atoms with Gasteiger partial charge in [-0.15, -0.1) is 0 Å². The second-order valence-corrected chi connectivity index (χ2v) is 6.76. The molecule has 102 valence electrons. The first-order chi connectivity index (χ1) is 7.90. The number of hydrogen-bond acceptors (Lipinski definition) is 2. The molecule has 1 aliphatic carbocycles. The molecule has 0 aromatic rings. The first-order valence-corrected chi connectivity index (χ1v) is 7.31. The van der Waals surface area contributed by atoms with Crippen molar-refractivity contribution in [3.05, 3.63) is 0 Å². The highest BCUT2D eigenvalue weighted by molar-refractivity contribution is 4.87. The van der Waals surface area contributed by atoms with Crippen LogP contribution in [0.1, 0.15) is 47.0 Å². The molecule has 2 nitrogen and oxygen atoms in total. The first kappa shape index (κ1) is 15.0. The highest BCUT2D eigenvalue weighted by Crippen LogP contribution is 2.33. The van der Waals surface area contributed by atoms with Gasteiger partial charge in [0.2, 0.25) is 0 Å². The number of hydrogen-bond donors (Lipinski definition) is 1. The van der Waals surface area contributed by atoms with Crippen molar-refractivity contribution < 1.29 is 0 Å². The minimum Gasteiger partial charge on any atom is -0.310 e. The van der Waals surface area contributed by atoms with Gasteiger partial charge in [-0.3, -0.25) is 0 Å². The molecule has 1 saturated carbocycles. The molecular formula is C15H32N2. The predicted molar refractivity (Wildman–Crippen MR) is 76.3 cm³/mol. The smallest absolute Gasteiger partial charge is 0.0169 e. The van der Waals surface area contributed by atoms with Gasteiger partial charge in [0.15, 0.2) is 0 Å². The molecule has 1 rings (SSSR count). The van der Waals surface area contributed by atoms with Gasteiger partial charge in [-0.25, -0.2) is 0 Å². The fourth-order valence-electron chi connectivity index (χ4n) is 3.36. The maximum atomic E-state index is 3.87. The van der Waals surface area contributed by atoms with Crippen LogP contribution in [0.4, 0.5) is 0 Å². The number of nitrogens with one attached hydrogen (secondary N) is 1. The zero-order valence-electron chi connectivity index (χ0n) is 12.7. The quantitative estimate of drug-likeness (QED) is 0.795. The molecule has 0 bridgehead atoms. The molecule has 2 heteroatoms. The average Bonchev–Trinajstić information content (AvgIpc) is 2.15. The molecule has 4 atom stereocenters. The summed E-state index contributed by atoms with van der Waals surface area (Å²) in [6.07, 6.45) is 4.19. The van der Waals surface area contributed by atoms with E-state index in [1.54, 1.807) is 0 Å². The lowest BCUT2D eigenvalue weighted by Gasteiger charge is -2.39. The van der Waals surface area contributed by atoms with Crippen LogP contribution in [-0.4, -0.2) is 37.6 Å². The first-order valence-electron chi connectivity index (χ1n) is 7.31. The predicted octanol–water partition coefficient (Wildman–Crippen LogP) is 2.99. The van der Waals surface area contributed by atoms with Gasteiger partial charge in [0, 0.05) is 18.6 Å². The summed E-state index contributed by atoms with van der Waals surface area (Å²) in [5.41, 5.74) is 0. The van der Waals surface area contributed by atoms with Gasteiger partial charge in [-0.2, -0.15) is 0 Å². The minimum absolute atomic E-state index is 0.599. The van der Waals surface area contributed by atoms with E-state index in [4.69, 9.17) is 0 Å². The van der Waals surface area contributed by atoms with E-state index in [0.29, 0.717) is 6.04 Å². The summed E-state index contributed by atoms with van der Waals surface area (Å²) in [5, 5.41) is 3.87. The van der Waals surface area contributed by atoms with Crippen LogP contribution in [0, 0.1) is 17.8 Å². The third kappa shape index (κ3) is 4.97. The van der Waals surface area contributed by atoms with E-state index in [1.165, 1.54) is 19.3 Å². The lowest BCUT2D eigenvalue weighted by Crippen LogP contribution is -2.49. The Morgan fingerprint density at radius 3 is 2.35 bits per heavy atom. The van der Waals surface area contributed by atoms with E-state index in [-0.39, 0.29) is 0 Å². The molecule has 1 fully saturated rings. The molecule has 0 radical (unpaired) electrons. The Bertz CT molecular complexity index is 213. The van der Waals surface area contributed by atoms with Crippen LogP contribution in [0.3, 0.4) is 0 Å². The largest absolute Gasteiger partial charge is 0.310 e. The number of nitrogens with zero attached hydrogens (tertiary/aromatic N) is 1. The lowest BCUT2D eigenvalue weighted by molar-refractivity contribution is 0.155. The normalized spacial score (nSPS) is 32.1. The lowest BCUT2D eigenvalue weighted by atomic mass is 9.74. The maximum Gasteiger partial charge on any atom is 0.0169 e. The van der Waals surface area contributed by atoms with Crippen molar-refractivity contribution in [3.63, 3.8) is 0 Å². The molecule has 0 aromatic carbocycles. The molecule has 1 N–H and O–H groups in total. The Morgan fingerprint density at radius 1 is 1.18 bits per heavy atom. The van der Waals surface area contributed by atoms with Gasteiger partial charge in [-0.1, -0.05) is 27.2 Å². The SMILES string of the molecule is CC1CCC(C(C)C)C(NC(C)CN(C)C)C1. The van der Waals surface area contributed by atoms with Crippen LogP contribution in [0.25, 0.3) is 0 Å². The molecule has 0 aliphatic heterocycles. The molecule has 0 saturated heterocycles. The third-order valence-electron chi connectivity index (χ3n) is 4.16. The zero-order valence-corrected chi connectivity index (χ0v) is 12.7. The van der Waals surface area contributed by atoms with E-state index in [1.807, 2.05) is 0 Å². The van der Waals surface area contributed by atoms with Crippen molar-refractivity contribution in [2.24, 2.45) is 17.8 Å².